The average molecular weight is 397 g/mol. The summed E-state index contributed by atoms with van der Waals surface area (Å²) in [5, 5.41) is 2.77. The SMILES string of the molecule is COc1ccc(OCCNC(=O)c2cccc(C(=O)N3CCCC(C)C3)n2)cc1. The van der Waals surface area contributed by atoms with Gasteiger partial charge in [0.1, 0.15) is 29.5 Å². The van der Waals surface area contributed by atoms with Crippen molar-refractivity contribution in [2.45, 2.75) is 19.8 Å². The van der Waals surface area contributed by atoms with E-state index in [0.29, 0.717) is 30.5 Å². The van der Waals surface area contributed by atoms with Gasteiger partial charge in [0.2, 0.25) is 0 Å². The Morgan fingerprint density at radius 3 is 2.59 bits per heavy atom. The summed E-state index contributed by atoms with van der Waals surface area (Å²) in [5.74, 6) is 1.50. The molecule has 1 aromatic carbocycles. The first kappa shape index (κ1) is 20.6. The molecule has 1 saturated heterocycles. The summed E-state index contributed by atoms with van der Waals surface area (Å²) in [6.45, 7) is 4.27. The number of nitrogens with one attached hydrogen (secondary N) is 1. The topological polar surface area (TPSA) is 80.8 Å². The van der Waals surface area contributed by atoms with Crippen molar-refractivity contribution in [2.24, 2.45) is 5.92 Å². The Balaban J connectivity index is 1.50. The van der Waals surface area contributed by atoms with E-state index >= 15 is 0 Å². The number of aromatic nitrogens is 1. The first-order valence-electron chi connectivity index (χ1n) is 9.88. The number of methoxy groups -OCH3 is 1. The molecule has 1 aromatic heterocycles. The van der Waals surface area contributed by atoms with Gasteiger partial charge in [-0.05, 0) is 55.2 Å². The maximum absolute atomic E-state index is 12.7. The van der Waals surface area contributed by atoms with Crippen molar-refractivity contribution in [3.63, 3.8) is 0 Å². The first-order valence-corrected chi connectivity index (χ1v) is 9.88. The van der Waals surface area contributed by atoms with Crippen LogP contribution in [0.2, 0.25) is 0 Å². The number of amides is 2. The van der Waals surface area contributed by atoms with Gasteiger partial charge < -0.3 is 19.7 Å². The van der Waals surface area contributed by atoms with Gasteiger partial charge in [-0.1, -0.05) is 13.0 Å². The molecule has 1 atom stereocenters. The van der Waals surface area contributed by atoms with Crippen molar-refractivity contribution in [3.05, 3.63) is 53.9 Å². The summed E-state index contributed by atoms with van der Waals surface area (Å²) in [5.41, 5.74) is 0.534. The van der Waals surface area contributed by atoms with Crippen LogP contribution in [0, 0.1) is 5.92 Å². The summed E-state index contributed by atoms with van der Waals surface area (Å²) in [7, 11) is 1.61. The summed E-state index contributed by atoms with van der Waals surface area (Å²) in [4.78, 5) is 31.1. The molecule has 0 radical (unpaired) electrons. The highest BCUT2D eigenvalue weighted by atomic mass is 16.5. The molecule has 3 rings (SSSR count). The molecule has 0 bridgehead atoms. The molecule has 2 heterocycles. The van der Waals surface area contributed by atoms with E-state index in [1.54, 1.807) is 37.4 Å². The maximum atomic E-state index is 12.7. The Bertz CT molecular complexity index is 838. The quantitative estimate of drug-likeness (QED) is 0.727. The van der Waals surface area contributed by atoms with Crippen LogP contribution in [0.5, 0.6) is 11.5 Å². The number of piperidine rings is 1. The third kappa shape index (κ3) is 5.70. The number of nitrogens with zero attached hydrogens (tertiary/aromatic N) is 2. The number of hydrogen-bond donors (Lipinski definition) is 1. The van der Waals surface area contributed by atoms with Gasteiger partial charge in [0.05, 0.1) is 13.7 Å². The number of likely N-dealkylation sites (tertiary alicyclic amines) is 1. The van der Waals surface area contributed by atoms with Gasteiger partial charge in [-0.25, -0.2) is 4.98 Å². The molecule has 1 unspecified atom stereocenters. The Labute approximate surface area is 171 Å². The lowest BCUT2D eigenvalue weighted by atomic mass is 10.00. The molecule has 7 nitrogen and oxygen atoms in total. The van der Waals surface area contributed by atoms with Crippen molar-refractivity contribution in [3.8, 4) is 11.5 Å². The van der Waals surface area contributed by atoms with Gasteiger partial charge in [0, 0.05) is 13.1 Å². The number of rotatable bonds is 7. The molecule has 7 heteroatoms. The number of ether oxygens (including phenoxy) is 2. The standard InChI is InChI=1S/C22H27N3O4/c1-16-5-4-13-25(15-16)22(27)20-7-3-6-19(24-20)21(26)23-12-14-29-18-10-8-17(28-2)9-11-18/h3,6-11,16H,4-5,12-15H2,1-2H3,(H,23,26). The van der Waals surface area contributed by atoms with Crippen LogP contribution in [0.4, 0.5) is 0 Å². The second-order valence-electron chi connectivity index (χ2n) is 7.19. The largest absolute Gasteiger partial charge is 0.497 e. The van der Waals surface area contributed by atoms with E-state index in [-0.39, 0.29) is 17.5 Å². The third-order valence-corrected chi connectivity index (χ3v) is 4.86. The molecule has 1 aliphatic heterocycles. The molecule has 1 fully saturated rings. The second kappa shape index (κ2) is 9.91. The Morgan fingerprint density at radius 1 is 1.14 bits per heavy atom. The molecule has 2 aromatic rings. The lowest BCUT2D eigenvalue weighted by Gasteiger charge is -2.30. The highest BCUT2D eigenvalue weighted by molar-refractivity contribution is 5.96. The van der Waals surface area contributed by atoms with E-state index in [1.165, 1.54) is 0 Å². The zero-order valence-corrected chi connectivity index (χ0v) is 16.9. The normalized spacial score (nSPS) is 16.2. The minimum atomic E-state index is -0.329. The Morgan fingerprint density at radius 2 is 1.86 bits per heavy atom. The van der Waals surface area contributed by atoms with Crippen LogP contribution in [0.3, 0.4) is 0 Å². The summed E-state index contributed by atoms with van der Waals surface area (Å²) in [6, 6.07) is 12.2. The summed E-state index contributed by atoms with van der Waals surface area (Å²) >= 11 is 0. The smallest absolute Gasteiger partial charge is 0.272 e. The maximum Gasteiger partial charge on any atom is 0.272 e. The minimum absolute atomic E-state index is 0.117. The van der Waals surface area contributed by atoms with Gasteiger partial charge in [0.15, 0.2) is 0 Å². The third-order valence-electron chi connectivity index (χ3n) is 4.86. The van der Waals surface area contributed by atoms with Crippen molar-refractivity contribution >= 4 is 11.8 Å². The van der Waals surface area contributed by atoms with Gasteiger partial charge in [-0.2, -0.15) is 0 Å². The van der Waals surface area contributed by atoms with Crippen molar-refractivity contribution < 1.29 is 19.1 Å². The van der Waals surface area contributed by atoms with Crippen molar-refractivity contribution in [2.75, 3.05) is 33.4 Å². The molecule has 0 spiro atoms. The lowest BCUT2D eigenvalue weighted by Crippen LogP contribution is -2.39. The van der Waals surface area contributed by atoms with Crippen LogP contribution in [0.1, 0.15) is 40.7 Å². The highest BCUT2D eigenvalue weighted by Crippen LogP contribution is 2.18. The van der Waals surface area contributed by atoms with Gasteiger partial charge in [-0.3, -0.25) is 9.59 Å². The predicted molar refractivity (Wildman–Crippen MR) is 109 cm³/mol. The zero-order chi connectivity index (χ0) is 20.6. The van der Waals surface area contributed by atoms with Gasteiger partial charge >= 0.3 is 0 Å². The molecule has 1 N–H and O–H groups in total. The van der Waals surface area contributed by atoms with E-state index in [4.69, 9.17) is 9.47 Å². The molecule has 1 aliphatic rings. The van der Waals surface area contributed by atoms with Crippen molar-refractivity contribution in [1.82, 2.24) is 15.2 Å². The molecular formula is C22H27N3O4. The predicted octanol–water partition coefficient (Wildman–Crippen LogP) is 2.77. The van der Waals surface area contributed by atoms with E-state index < -0.39 is 0 Å². The number of benzene rings is 1. The summed E-state index contributed by atoms with van der Waals surface area (Å²) < 4.78 is 10.7. The number of pyridine rings is 1. The van der Waals surface area contributed by atoms with E-state index in [9.17, 15) is 9.59 Å². The minimum Gasteiger partial charge on any atom is -0.497 e. The fraction of sp³-hybridized carbons (Fsp3) is 0.409. The second-order valence-corrected chi connectivity index (χ2v) is 7.19. The fourth-order valence-electron chi connectivity index (χ4n) is 3.31. The number of hydrogen-bond acceptors (Lipinski definition) is 5. The van der Waals surface area contributed by atoms with Gasteiger partial charge in [0.25, 0.3) is 11.8 Å². The Kier molecular flexibility index (Phi) is 7.05. The van der Waals surface area contributed by atoms with Crippen LogP contribution < -0.4 is 14.8 Å². The monoisotopic (exact) mass is 397 g/mol. The molecule has 29 heavy (non-hydrogen) atoms. The average Bonchev–Trinajstić information content (AvgIpc) is 2.76. The number of carbonyl (C=O) groups is 2. The van der Waals surface area contributed by atoms with E-state index in [1.807, 2.05) is 17.0 Å². The molecular weight excluding hydrogens is 370 g/mol. The fourth-order valence-corrected chi connectivity index (χ4v) is 3.31. The summed E-state index contributed by atoms with van der Waals surface area (Å²) in [6.07, 6.45) is 2.14. The van der Waals surface area contributed by atoms with Crippen LogP contribution >= 0.6 is 0 Å². The van der Waals surface area contributed by atoms with Crippen LogP contribution in [-0.4, -0.2) is 55.0 Å². The first-order chi connectivity index (χ1) is 14.1. The Hall–Kier alpha value is -3.09. The lowest BCUT2D eigenvalue weighted by molar-refractivity contribution is 0.0677. The zero-order valence-electron chi connectivity index (χ0n) is 16.9. The molecule has 0 saturated carbocycles. The number of carbonyl (C=O) groups excluding carboxylic acids is 2. The van der Waals surface area contributed by atoms with E-state index in [2.05, 4.69) is 17.2 Å². The van der Waals surface area contributed by atoms with Gasteiger partial charge in [-0.15, -0.1) is 0 Å². The van der Waals surface area contributed by atoms with Crippen LogP contribution in [0.25, 0.3) is 0 Å². The molecule has 0 aliphatic carbocycles. The molecule has 2 amide bonds. The van der Waals surface area contributed by atoms with Crippen LogP contribution in [0.15, 0.2) is 42.5 Å². The van der Waals surface area contributed by atoms with Crippen LogP contribution in [-0.2, 0) is 0 Å². The molecule has 154 valence electrons. The van der Waals surface area contributed by atoms with Crippen molar-refractivity contribution in [1.29, 1.82) is 0 Å². The highest BCUT2D eigenvalue weighted by Gasteiger charge is 2.23. The van der Waals surface area contributed by atoms with E-state index in [0.717, 1.165) is 31.7 Å².